The molecule has 1 aromatic heterocycles. The van der Waals surface area contributed by atoms with Crippen LogP contribution in [-0.2, 0) is 21.0 Å². The molecule has 0 N–H and O–H groups in total. The van der Waals surface area contributed by atoms with Gasteiger partial charge in [-0.1, -0.05) is 38.9 Å². The van der Waals surface area contributed by atoms with Gasteiger partial charge in [0.15, 0.2) is 0 Å². The number of carbonyl (C=O) groups is 2. The number of rotatable bonds is 11. The first kappa shape index (κ1) is 28.8. The van der Waals surface area contributed by atoms with Crippen molar-refractivity contribution in [1.29, 1.82) is 0 Å². The molecular weight excluding hydrogens is 484 g/mol. The van der Waals surface area contributed by atoms with Crippen LogP contribution in [0.25, 0.3) is 21.8 Å². The molecule has 0 aliphatic carbocycles. The number of nitro benzene ring substituents is 1. The van der Waals surface area contributed by atoms with Crippen LogP contribution in [-0.4, -0.2) is 44.6 Å². The SMILES string of the molecule is CCn1c2ccc(/C(CC(C)N(CC(C)C)C(=O)CC(C)C)=N/OC(C)=O)cc2c2cc([N+](=O)[O-])ccc21. The van der Waals surface area contributed by atoms with Crippen LogP contribution >= 0.6 is 0 Å². The number of hydrogen-bond donors (Lipinski definition) is 0. The van der Waals surface area contributed by atoms with E-state index in [2.05, 4.69) is 23.6 Å². The molecule has 0 bridgehead atoms. The number of hydrogen-bond acceptors (Lipinski definition) is 6. The molecule has 9 heteroatoms. The van der Waals surface area contributed by atoms with Gasteiger partial charge in [-0.3, -0.25) is 14.9 Å². The van der Waals surface area contributed by atoms with Gasteiger partial charge in [0, 0.05) is 78.4 Å². The Morgan fingerprint density at radius 3 is 2.18 bits per heavy atom. The highest BCUT2D eigenvalue weighted by atomic mass is 16.7. The number of carbonyl (C=O) groups excluding carboxylic acids is 2. The van der Waals surface area contributed by atoms with Crippen LogP contribution in [0.1, 0.15) is 66.9 Å². The molecular formula is C29H38N4O5. The maximum Gasteiger partial charge on any atom is 0.331 e. The van der Waals surface area contributed by atoms with E-state index in [1.165, 1.54) is 13.0 Å². The number of oxime groups is 1. The molecule has 0 aliphatic rings. The van der Waals surface area contributed by atoms with E-state index < -0.39 is 10.9 Å². The number of benzene rings is 2. The van der Waals surface area contributed by atoms with Gasteiger partial charge in [-0.2, -0.15) is 0 Å². The summed E-state index contributed by atoms with van der Waals surface area (Å²) in [6.45, 7) is 14.8. The molecule has 0 aliphatic heterocycles. The first-order chi connectivity index (χ1) is 17.9. The highest BCUT2D eigenvalue weighted by Gasteiger charge is 2.25. The minimum atomic E-state index is -0.538. The van der Waals surface area contributed by atoms with E-state index in [1.54, 1.807) is 12.1 Å². The molecule has 2 aromatic carbocycles. The van der Waals surface area contributed by atoms with Gasteiger partial charge in [-0.05, 0) is 43.9 Å². The second-order valence-corrected chi connectivity index (χ2v) is 10.6. The first-order valence-corrected chi connectivity index (χ1v) is 13.2. The van der Waals surface area contributed by atoms with Crippen molar-refractivity contribution in [1.82, 2.24) is 9.47 Å². The van der Waals surface area contributed by atoms with Crippen molar-refractivity contribution in [3.63, 3.8) is 0 Å². The third-order valence-corrected chi connectivity index (χ3v) is 6.48. The summed E-state index contributed by atoms with van der Waals surface area (Å²) < 4.78 is 2.11. The molecule has 1 unspecified atom stereocenters. The molecule has 0 saturated carbocycles. The normalized spacial score (nSPS) is 12.9. The lowest BCUT2D eigenvalue weighted by Crippen LogP contribution is -2.42. The average Bonchev–Trinajstić information content (AvgIpc) is 3.16. The monoisotopic (exact) mass is 522 g/mol. The van der Waals surface area contributed by atoms with Crippen LogP contribution in [0.4, 0.5) is 5.69 Å². The molecule has 0 spiro atoms. The molecule has 204 valence electrons. The smallest absolute Gasteiger partial charge is 0.331 e. The van der Waals surface area contributed by atoms with Gasteiger partial charge in [-0.15, -0.1) is 0 Å². The zero-order valence-corrected chi connectivity index (χ0v) is 23.4. The Morgan fingerprint density at radius 1 is 1.00 bits per heavy atom. The van der Waals surface area contributed by atoms with Gasteiger partial charge in [0.1, 0.15) is 0 Å². The number of aryl methyl sites for hydroxylation is 1. The summed E-state index contributed by atoms with van der Waals surface area (Å²) in [5, 5.41) is 17.3. The maximum absolute atomic E-state index is 13.1. The summed E-state index contributed by atoms with van der Waals surface area (Å²) in [6.07, 6.45) is 0.830. The second kappa shape index (κ2) is 12.2. The number of non-ortho nitro benzene ring substituents is 1. The lowest BCUT2D eigenvalue weighted by atomic mass is 9.99. The standard InChI is InChI=1S/C29H38N4O5/c1-8-31-27-11-9-22(15-24(27)25-16-23(33(36)37)10-12-28(25)31)26(30-38-21(7)34)14-20(6)32(17-19(4)5)29(35)13-18(2)3/h9-12,15-16,18-20H,8,13-14,17H2,1-7H3/b30-26+. The summed E-state index contributed by atoms with van der Waals surface area (Å²) in [5.74, 6) is 0.0711. The molecule has 9 nitrogen and oxygen atoms in total. The number of amides is 1. The summed E-state index contributed by atoms with van der Waals surface area (Å²) in [5.41, 5.74) is 3.13. The van der Waals surface area contributed by atoms with Crippen molar-refractivity contribution < 1.29 is 19.3 Å². The number of nitro groups is 1. The Balaban J connectivity index is 2.10. The summed E-state index contributed by atoms with van der Waals surface area (Å²) in [6, 6.07) is 10.5. The predicted octanol–water partition coefficient (Wildman–Crippen LogP) is 6.30. The fourth-order valence-corrected chi connectivity index (χ4v) is 4.83. The molecule has 0 saturated heterocycles. The summed E-state index contributed by atoms with van der Waals surface area (Å²) in [4.78, 5) is 42.8. The van der Waals surface area contributed by atoms with Crippen LogP contribution < -0.4 is 0 Å². The molecule has 1 atom stereocenters. The summed E-state index contributed by atoms with van der Waals surface area (Å²) >= 11 is 0. The van der Waals surface area contributed by atoms with Crippen LogP contribution in [0.3, 0.4) is 0 Å². The zero-order valence-electron chi connectivity index (χ0n) is 23.4. The minimum absolute atomic E-state index is 0.0217. The van der Waals surface area contributed by atoms with Crippen molar-refractivity contribution in [3.8, 4) is 0 Å². The van der Waals surface area contributed by atoms with E-state index in [1.807, 2.05) is 50.8 Å². The van der Waals surface area contributed by atoms with Gasteiger partial charge < -0.3 is 14.3 Å². The van der Waals surface area contributed by atoms with Crippen molar-refractivity contribution in [3.05, 3.63) is 52.1 Å². The lowest BCUT2D eigenvalue weighted by molar-refractivity contribution is -0.384. The van der Waals surface area contributed by atoms with Crippen LogP contribution in [0.5, 0.6) is 0 Å². The predicted molar refractivity (Wildman–Crippen MR) is 150 cm³/mol. The third-order valence-electron chi connectivity index (χ3n) is 6.48. The van der Waals surface area contributed by atoms with Crippen LogP contribution in [0.15, 0.2) is 41.6 Å². The Morgan fingerprint density at radius 2 is 1.63 bits per heavy atom. The molecule has 1 amide bonds. The van der Waals surface area contributed by atoms with Crippen LogP contribution in [0.2, 0.25) is 0 Å². The minimum Gasteiger partial charge on any atom is -0.341 e. The van der Waals surface area contributed by atoms with E-state index in [0.717, 1.165) is 27.4 Å². The van der Waals surface area contributed by atoms with Gasteiger partial charge in [0.25, 0.3) is 5.69 Å². The van der Waals surface area contributed by atoms with Crippen molar-refractivity contribution in [2.75, 3.05) is 6.54 Å². The Kier molecular flexibility index (Phi) is 9.25. The first-order valence-electron chi connectivity index (χ1n) is 13.2. The van der Waals surface area contributed by atoms with E-state index in [9.17, 15) is 19.7 Å². The van der Waals surface area contributed by atoms with Crippen molar-refractivity contribution >= 4 is 45.1 Å². The fourth-order valence-electron chi connectivity index (χ4n) is 4.83. The Hall–Kier alpha value is -3.75. The van der Waals surface area contributed by atoms with E-state index in [-0.39, 0.29) is 29.5 Å². The topological polar surface area (TPSA) is 107 Å². The highest BCUT2D eigenvalue weighted by Crippen LogP contribution is 2.33. The van der Waals surface area contributed by atoms with E-state index in [0.29, 0.717) is 31.6 Å². The number of nitrogens with zero attached hydrogens (tertiary/aromatic N) is 4. The number of aromatic nitrogens is 1. The quantitative estimate of drug-likeness (QED) is 0.127. The van der Waals surface area contributed by atoms with Gasteiger partial charge >= 0.3 is 5.97 Å². The second-order valence-electron chi connectivity index (χ2n) is 10.6. The molecule has 3 rings (SSSR count). The molecule has 0 fully saturated rings. The van der Waals surface area contributed by atoms with Gasteiger partial charge in [0.2, 0.25) is 5.91 Å². The van der Waals surface area contributed by atoms with Gasteiger partial charge in [-0.25, -0.2) is 4.79 Å². The highest BCUT2D eigenvalue weighted by molar-refractivity contribution is 6.12. The molecule has 3 aromatic rings. The van der Waals surface area contributed by atoms with Gasteiger partial charge in [0.05, 0.1) is 10.6 Å². The maximum atomic E-state index is 13.1. The Bertz CT molecular complexity index is 1370. The zero-order chi connectivity index (χ0) is 28.1. The lowest BCUT2D eigenvalue weighted by Gasteiger charge is -2.32. The van der Waals surface area contributed by atoms with Crippen LogP contribution in [0, 0.1) is 22.0 Å². The van der Waals surface area contributed by atoms with Crippen molar-refractivity contribution in [2.45, 2.75) is 73.9 Å². The van der Waals surface area contributed by atoms with Crippen molar-refractivity contribution in [2.24, 2.45) is 17.0 Å². The molecule has 1 heterocycles. The molecule has 38 heavy (non-hydrogen) atoms. The van der Waals surface area contributed by atoms with E-state index in [4.69, 9.17) is 4.84 Å². The largest absolute Gasteiger partial charge is 0.341 e. The fraction of sp³-hybridized carbons (Fsp3) is 0.483. The number of fused-ring (bicyclic) bond motifs is 3. The Labute approximate surface area is 223 Å². The molecule has 0 radical (unpaired) electrons. The van der Waals surface area contributed by atoms with E-state index >= 15 is 0 Å². The average molecular weight is 523 g/mol. The summed E-state index contributed by atoms with van der Waals surface area (Å²) in [7, 11) is 0. The third kappa shape index (κ3) is 6.57.